The van der Waals surface area contributed by atoms with Gasteiger partial charge in [0.2, 0.25) is 0 Å². The van der Waals surface area contributed by atoms with Gasteiger partial charge in [0.15, 0.2) is 5.78 Å². The Morgan fingerprint density at radius 3 is 2.75 bits per heavy atom. The van der Waals surface area contributed by atoms with Crippen LogP contribution in [0.15, 0.2) is 18.2 Å². The molecular weight excluding hydrogens is 200 g/mol. The largest absolute Gasteiger partial charge is 0.507 e. The molecule has 0 spiro atoms. The third-order valence-electron chi connectivity index (χ3n) is 3.42. The number of ketones is 1. The van der Waals surface area contributed by atoms with Crippen LogP contribution in [0, 0.1) is 5.92 Å². The first-order valence-electron chi connectivity index (χ1n) is 6.00. The summed E-state index contributed by atoms with van der Waals surface area (Å²) in [7, 11) is 0. The average Bonchev–Trinajstić information content (AvgIpc) is 3.11. The van der Waals surface area contributed by atoms with Crippen LogP contribution < -0.4 is 0 Å². The molecule has 0 aromatic heterocycles. The number of phenolic OH excluding ortho intramolecular Hbond substituents is 1. The van der Waals surface area contributed by atoms with Crippen molar-refractivity contribution in [2.75, 3.05) is 0 Å². The number of benzene rings is 1. The van der Waals surface area contributed by atoms with Crippen molar-refractivity contribution >= 4 is 5.78 Å². The molecule has 0 radical (unpaired) electrons. The van der Waals surface area contributed by atoms with Crippen molar-refractivity contribution in [1.82, 2.24) is 0 Å². The van der Waals surface area contributed by atoms with Crippen molar-refractivity contribution < 1.29 is 9.90 Å². The highest BCUT2D eigenvalue weighted by Crippen LogP contribution is 2.36. The second kappa shape index (κ2) is 4.28. The second-order valence-corrected chi connectivity index (χ2v) is 4.72. The fraction of sp³-hybridized carbons (Fsp3) is 0.500. The van der Waals surface area contributed by atoms with Gasteiger partial charge >= 0.3 is 0 Å². The van der Waals surface area contributed by atoms with E-state index in [2.05, 4.69) is 13.8 Å². The van der Waals surface area contributed by atoms with Gasteiger partial charge in [0.05, 0.1) is 5.56 Å². The van der Waals surface area contributed by atoms with Crippen molar-refractivity contribution in [1.29, 1.82) is 0 Å². The minimum Gasteiger partial charge on any atom is -0.507 e. The molecule has 1 unspecified atom stereocenters. The molecule has 1 aliphatic carbocycles. The van der Waals surface area contributed by atoms with Crippen molar-refractivity contribution in [3.8, 4) is 5.75 Å². The standard InChI is InChI=1S/C14H18O2/c1-3-9(2)11-6-7-13(15)12(8-11)14(16)10-4-5-10/h6-10,15H,3-5H2,1-2H3. The van der Waals surface area contributed by atoms with Crippen LogP contribution in [-0.4, -0.2) is 10.9 Å². The molecule has 1 atom stereocenters. The zero-order valence-corrected chi connectivity index (χ0v) is 9.86. The van der Waals surface area contributed by atoms with E-state index in [1.807, 2.05) is 12.1 Å². The van der Waals surface area contributed by atoms with Crippen molar-refractivity contribution in [3.05, 3.63) is 29.3 Å². The van der Waals surface area contributed by atoms with Crippen LogP contribution in [0.1, 0.15) is 54.9 Å². The quantitative estimate of drug-likeness (QED) is 0.785. The average molecular weight is 218 g/mol. The minimum absolute atomic E-state index is 0.114. The molecule has 1 N–H and O–H groups in total. The third kappa shape index (κ3) is 2.11. The predicted octanol–water partition coefficient (Wildman–Crippen LogP) is 3.50. The number of hydrogen-bond acceptors (Lipinski definition) is 2. The Morgan fingerprint density at radius 1 is 1.50 bits per heavy atom. The van der Waals surface area contributed by atoms with Gasteiger partial charge in [0.1, 0.15) is 5.75 Å². The van der Waals surface area contributed by atoms with Gasteiger partial charge in [-0.25, -0.2) is 0 Å². The van der Waals surface area contributed by atoms with Gasteiger partial charge in [-0.15, -0.1) is 0 Å². The Kier molecular flexibility index (Phi) is 2.99. The highest BCUT2D eigenvalue weighted by atomic mass is 16.3. The summed E-state index contributed by atoms with van der Waals surface area (Å²) >= 11 is 0. The van der Waals surface area contributed by atoms with Gasteiger partial charge < -0.3 is 5.11 Å². The zero-order chi connectivity index (χ0) is 11.7. The molecule has 0 amide bonds. The Bertz CT molecular complexity index is 405. The normalized spacial score (nSPS) is 17.1. The van der Waals surface area contributed by atoms with Crippen LogP contribution >= 0.6 is 0 Å². The fourth-order valence-corrected chi connectivity index (χ4v) is 1.86. The first-order chi connectivity index (χ1) is 7.63. The monoisotopic (exact) mass is 218 g/mol. The number of rotatable bonds is 4. The molecule has 0 heterocycles. The Balaban J connectivity index is 2.31. The molecule has 1 aliphatic rings. The van der Waals surface area contributed by atoms with Crippen molar-refractivity contribution in [3.63, 3.8) is 0 Å². The van der Waals surface area contributed by atoms with E-state index in [4.69, 9.17) is 0 Å². The third-order valence-corrected chi connectivity index (χ3v) is 3.42. The number of aromatic hydroxyl groups is 1. The molecule has 16 heavy (non-hydrogen) atoms. The lowest BCUT2D eigenvalue weighted by atomic mass is 9.94. The Morgan fingerprint density at radius 2 is 2.19 bits per heavy atom. The summed E-state index contributed by atoms with van der Waals surface area (Å²) < 4.78 is 0. The van der Waals surface area contributed by atoms with Gasteiger partial charge in [0, 0.05) is 5.92 Å². The molecule has 1 fully saturated rings. The van der Waals surface area contributed by atoms with Crippen LogP contribution in [-0.2, 0) is 0 Å². The van der Waals surface area contributed by atoms with E-state index >= 15 is 0 Å². The molecule has 0 saturated heterocycles. The Labute approximate surface area is 96.3 Å². The lowest BCUT2D eigenvalue weighted by Crippen LogP contribution is -2.03. The van der Waals surface area contributed by atoms with E-state index in [1.54, 1.807) is 6.07 Å². The molecule has 86 valence electrons. The van der Waals surface area contributed by atoms with E-state index in [-0.39, 0.29) is 17.5 Å². The van der Waals surface area contributed by atoms with Gasteiger partial charge in [-0.3, -0.25) is 4.79 Å². The highest BCUT2D eigenvalue weighted by Gasteiger charge is 2.32. The SMILES string of the molecule is CCC(C)c1ccc(O)c(C(=O)C2CC2)c1. The van der Waals surface area contributed by atoms with E-state index in [0.29, 0.717) is 11.5 Å². The van der Waals surface area contributed by atoms with Gasteiger partial charge in [-0.2, -0.15) is 0 Å². The summed E-state index contributed by atoms with van der Waals surface area (Å²) in [4.78, 5) is 11.9. The zero-order valence-electron chi connectivity index (χ0n) is 9.86. The first kappa shape index (κ1) is 11.2. The number of carbonyl (C=O) groups excluding carboxylic acids is 1. The molecule has 2 rings (SSSR count). The molecule has 2 heteroatoms. The Hall–Kier alpha value is -1.31. The van der Waals surface area contributed by atoms with E-state index in [9.17, 15) is 9.90 Å². The predicted molar refractivity (Wildman–Crippen MR) is 63.9 cm³/mol. The summed E-state index contributed by atoms with van der Waals surface area (Å²) in [5, 5.41) is 9.72. The second-order valence-electron chi connectivity index (χ2n) is 4.72. The molecule has 0 aliphatic heterocycles. The molecule has 1 aromatic carbocycles. The number of hydrogen-bond donors (Lipinski definition) is 1. The first-order valence-corrected chi connectivity index (χ1v) is 6.00. The van der Waals surface area contributed by atoms with E-state index < -0.39 is 0 Å². The number of phenols is 1. The van der Waals surface area contributed by atoms with Crippen LogP contribution in [0.25, 0.3) is 0 Å². The van der Waals surface area contributed by atoms with E-state index in [0.717, 1.165) is 24.8 Å². The lowest BCUT2D eigenvalue weighted by molar-refractivity contribution is 0.0965. The van der Waals surface area contributed by atoms with Crippen molar-refractivity contribution in [2.45, 2.75) is 39.0 Å². The maximum atomic E-state index is 11.9. The number of carbonyl (C=O) groups is 1. The summed E-state index contributed by atoms with van der Waals surface area (Å²) in [6, 6.07) is 5.43. The maximum Gasteiger partial charge on any atom is 0.169 e. The molecular formula is C14H18O2. The molecule has 0 bridgehead atoms. The van der Waals surface area contributed by atoms with E-state index in [1.165, 1.54) is 0 Å². The summed E-state index contributed by atoms with van der Waals surface area (Å²) in [5.41, 5.74) is 1.66. The van der Waals surface area contributed by atoms with Crippen LogP contribution in [0.3, 0.4) is 0 Å². The molecule has 2 nitrogen and oxygen atoms in total. The fourth-order valence-electron chi connectivity index (χ4n) is 1.86. The van der Waals surface area contributed by atoms with Crippen LogP contribution in [0.5, 0.6) is 5.75 Å². The van der Waals surface area contributed by atoms with Crippen LogP contribution in [0.4, 0.5) is 0 Å². The summed E-state index contributed by atoms with van der Waals surface area (Å²) in [6.45, 7) is 4.26. The highest BCUT2D eigenvalue weighted by molar-refractivity contribution is 6.01. The van der Waals surface area contributed by atoms with Crippen LogP contribution in [0.2, 0.25) is 0 Å². The summed E-state index contributed by atoms with van der Waals surface area (Å²) in [6.07, 6.45) is 3.00. The summed E-state index contributed by atoms with van der Waals surface area (Å²) in [5.74, 6) is 0.844. The maximum absolute atomic E-state index is 11.9. The van der Waals surface area contributed by atoms with Gasteiger partial charge in [0.25, 0.3) is 0 Å². The topological polar surface area (TPSA) is 37.3 Å². The smallest absolute Gasteiger partial charge is 0.169 e. The van der Waals surface area contributed by atoms with Crippen molar-refractivity contribution in [2.24, 2.45) is 5.92 Å². The lowest BCUT2D eigenvalue weighted by Gasteiger charge is -2.11. The van der Waals surface area contributed by atoms with Gasteiger partial charge in [-0.1, -0.05) is 19.9 Å². The molecule has 1 saturated carbocycles. The minimum atomic E-state index is 0.114. The van der Waals surface area contributed by atoms with Gasteiger partial charge in [-0.05, 0) is 42.9 Å². The number of Topliss-reactive ketones (excluding diaryl/α,β-unsaturated/α-hetero) is 1. The molecule has 1 aromatic rings.